The van der Waals surface area contributed by atoms with E-state index in [0.29, 0.717) is 17.5 Å². The Balaban J connectivity index is 1.47. The minimum atomic E-state index is -0.932. The van der Waals surface area contributed by atoms with Crippen molar-refractivity contribution in [2.24, 2.45) is 0 Å². The molecule has 2 heterocycles. The van der Waals surface area contributed by atoms with Gasteiger partial charge in [0.05, 0.1) is 28.6 Å². The molecular weight excluding hydrogens is 460 g/mol. The zero-order valence-electron chi connectivity index (χ0n) is 18.3. The number of carboxylic acids is 1. The molecule has 0 radical (unpaired) electrons. The number of aromatic carboxylic acids is 1. The smallest absolute Gasteiger partial charge is 0.335 e. The average molecular weight is 485 g/mol. The number of hydrogen-bond donors (Lipinski definition) is 1. The first kappa shape index (κ1) is 23.4. The van der Waals surface area contributed by atoms with Crippen molar-refractivity contribution in [2.75, 3.05) is 43.1 Å². The molecule has 1 N–H and O–H groups in total. The van der Waals surface area contributed by atoms with Crippen LogP contribution in [0.3, 0.4) is 0 Å². The molecule has 0 bridgehead atoms. The summed E-state index contributed by atoms with van der Waals surface area (Å²) in [4.78, 5) is 25.2. The Hall–Kier alpha value is -2.81. The maximum absolute atomic E-state index is 11.2. The molecule has 2 aromatic carbocycles. The summed E-state index contributed by atoms with van der Waals surface area (Å²) in [5.74, 6) is 0.521. The molecule has 0 spiro atoms. The van der Waals surface area contributed by atoms with Crippen LogP contribution in [0.4, 0.5) is 11.5 Å². The van der Waals surface area contributed by atoms with Gasteiger partial charge in [-0.2, -0.15) is 0 Å². The summed E-state index contributed by atoms with van der Waals surface area (Å²) in [5.41, 5.74) is 3.06. The van der Waals surface area contributed by atoms with Crippen molar-refractivity contribution < 1.29 is 14.6 Å². The van der Waals surface area contributed by atoms with Crippen molar-refractivity contribution in [3.8, 4) is 0 Å². The fourth-order valence-corrected chi connectivity index (χ4v) is 4.80. The summed E-state index contributed by atoms with van der Waals surface area (Å²) in [6.07, 6.45) is 0. The molecule has 3 aromatic rings. The van der Waals surface area contributed by atoms with Crippen LogP contribution in [-0.2, 0) is 17.1 Å². The lowest BCUT2D eigenvalue weighted by atomic mass is 10.1. The predicted octanol–water partition coefficient (Wildman–Crippen LogP) is 4.59. The Morgan fingerprint density at radius 2 is 1.82 bits per heavy atom. The lowest BCUT2D eigenvalue weighted by Crippen LogP contribution is -2.47. The van der Waals surface area contributed by atoms with Gasteiger partial charge in [-0.05, 0) is 29.8 Å². The quantitative estimate of drug-likeness (QED) is 0.367. The van der Waals surface area contributed by atoms with Crippen LogP contribution < -0.4 is 9.80 Å². The summed E-state index contributed by atoms with van der Waals surface area (Å²) in [6, 6.07) is 16.8. The van der Waals surface area contributed by atoms with E-state index in [1.165, 1.54) is 11.8 Å². The Bertz CT molecular complexity index is 1120. The number of halogens is 1. The number of piperazine rings is 1. The molecule has 0 aliphatic carbocycles. The number of carboxylic acid groups (broad SMARTS) is 1. The molecule has 4 rings (SSSR count). The number of anilines is 2. The number of methoxy groups -OCH3 is 1. The SMILES string of the molecule is COCc1cc(N2CCN(c3ccccc3Cl)CC2)nc(SCc2cccc(C(=O)O)c2)n1. The summed E-state index contributed by atoms with van der Waals surface area (Å²) in [6.45, 7) is 3.73. The van der Waals surface area contributed by atoms with Gasteiger partial charge in [-0.3, -0.25) is 0 Å². The van der Waals surface area contributed by atoms with Gasteiger partial charge in [0.2, 0.25) is 0 Å². The van der Waals surface area contributed by atoms with Gasteiger partial charge in [-0.15, -0.1) is 0 Å². The van der Waals surface area contributed by atoms with Gasteiger partial charge < -0.3 is 19.6 Å². The Morgan fingerprint density at radius 1 is 1.06 bits per heavy atom. The maximum atomic E-state index is 11.2. The lowest BCUT2D eigenvalue weighted by Gasteiger charge is -2.37. The minimum Gasteiger partial charge on any atom is -0.478 e. The average Bonchev–Trinajstić information content (AvgIpc) is 2.83. The Labute approximate surface area is 202 Å². The van der Waals surface area contributed by atoms with Crippen LogP contribution in [0.2, 0.25) is 5.02 Å². The van der Waals surface area contributed by atoms with Gasteiger partial charge in [0.15, 0.2) is 5.16 Å². The van der Waals surface area contributed by atoms with Crippen molar-refractivity contribution in [2.45, 2.75) is 17.5 Å². The zero-order valence-corrected chi connectivity index (χ0v) is 19.8. The standard InChI is InChI=1S/C24H25ClN4O3S/c1-32-15-19-14-22(29-11-9-28(10-12-29)21-8-3-2-7-20(21)25)27-24(26-19)33-16-17-5-4-6-18(13-17)23(30)31/h2-8,13-14H,9-12,15-16H2,1H3,(H,30,31). The summed E-state index contributed by atoms with van der Waals surface area (Å²) in [7, 11) is 1.65. The van der Waals surface area contributed by atoms with E-state index in [0.717, 1.165) is 54.0 Å². The molecule has 1 aromatic heterocycles. The first-order chi connectivity index (χ1) is 16.0. The number of aromatic nitrogens is 2. The molecule has 1 aliphatic heterocycles. The monoisotopic (exact) mass is 484 g/mol. The zero-order chi connectivity index (χ0) is 23.2. The fourth-order valence-electron chi connectivity index (χ4n) is 3.73. The first-order valence-electron chi connectivity index (χ1n) is 10.6. The topological polar surface area (TPSA) is 78.8 Å². The third-order valence-electron chi connectivity index (χ3n) is 5.38. The molecule has 1 saturated heterocycles. The van der Waals surface area contributed by atoms with E-state index in [9.17, 15) is 9.90 Å². The van der Waals surface area contributed by atoms with E-state index in [4.69, 9.17) is 21.3 Å². The van der Waals surface area contributed by atoms with E-state index in [1.807, 2.05) is 36.4 Å². The molecule has 9 heteroatoms. The number of thioether (sulfide) groups is 1. The number of hydrogen-bond acceptors (Lipinski definition) is 7. The van der Waals surface area contributed by atoms with Gasteiger partial charge in [0, 0.05) is 45.1 Å². The number of ether oxygens (including phenoxy) is 1. The maximum Gasteiger partial charge on any atom is 0.335 e. The van der Waals surface area contributed by atoms with E-state index in [-0.39, 0.29) is 5.56 Å². The summed E-state index contributed by atoms with van der Waals surface area (Å²) < 4.78 is 5.31. The van der Waals surface area contributed by atoms with Gasteiger partial charge in [-0.25, -0.2) is 14.8 Å². The van der Waals surface area contributed by atoms with Crippen molar-refractivity contribution >= 4 is 40.8 Å². The lowest BCUT2D eigenvalue weighted by molar-refractivity contribution is 0.0696. The summed E-state index contributed by atoms with van der Waals surface area (Å²) in [5, 5.41) is 10.6. The largest absolute Gasteiger partial charge is 0.478 e. The molecular formula is C24H25ClN4O3S. The Morgan fingerprint density at radius 3 is 2.55 bits per heavy atom. The van der Waals surface area contributed by atoms with Gasteiger partial charge in [0.1, 0.15) is 5.82 Å². The van der Waals surface area contributed by atoms with Crippen LogP contribution >= 0.6 is 23.4 Å². The number of para-hydroxylation sites is 1. The van der Waals surface area contributed by atoms with Crippen molar-refractivity contribution in [1.82, 2.24) is 9.97 Å². The second-order valence-corrected chi connectivity index (χ2v) is 9.00. The van der Waals surface area contributed by atoms with Gasteiger partial charge >= 0.3 is 5.97 Å². The van der Waals surface area contributed by atoms with Crippen LogP contribution in [0, 0.1) is 0 Å². The van der Waals surface area contributed by atoms with Crippen LogP contribution in [0.25, 0.3) is 0 Å². The first-order valence-corrected chi connectivity index (χ1v) is 12.0. The summed E-state index contributed by atoms with van der Waals surface area (Å²) >= 11 is 7.86. The van der Waals surface area contributed by atoms with E-state index in [2.05, 4.69) is 14.8 Å². The molecule has 7 nitrogen and oxygen atoms in total. The second kappa shape index (κ2) is 10.9. The van der Waals surface area contributed by atoms with Crippen LogP contribution in [0.15, 0.2) is 59.8 Å². The molecule has 0 saturated carbocycles. The van der Waals surface area contributed by atoms with Gasteiger partial charge in [0.25, 0.3) is 0 Å². The number of rotatable bonds is 8. The second-order valence-electron chi connectivity index (χ2n) is 7.65. The fraction of sp³-hybridized carbons (Fsp3) is 0.292. The predicted molar refractivity (Wildman–Crippen MR) is 132 cm³/mol. The van der Waals surface area contributed by atoms with Crippen molar-refractivity contribution in [3.05, 3.63) is 76.4 Å². The normalized spacial score (nSPS) is 13.9. The highest BCUT2D eigenvalue weighted by Crippen LogP contribution is 2.28. The molecule has 172 valence electrons. The number of benzene rings is 2. The van der Waals surface area contributed by atoms with E-state index >= 15 is 0 Å². The highest BCUT2D eigenvalue weighted by atomic mass is 35.5. The van der Waals surface area contributed by atoms with Crippen LogP contribution in [0.1, 0.15) is 21.6 Å². The molecule has 0 atom stereocenters. The van der Waals surface area contributed by atoms with Crippen LogP contribution in [0.5, 0.6) is 0 Å². The molecule has 0 amide bonds. The highest BCUT2D eigenvalue weighted by Gasteiger charge is 2.21. The molecule has 33 heavy (non-hydrogen) atoms. The minimum absolute atomic E-state index is 0.277. The molecule has 0 unspecified atom stereocenters. The van der Waals surface area contributed by atoms with Crippen LogP contribution in [-0.4, -0.2) is 54.3 Å². The third-order valence-corrected chi connectivity index (χ3v) is 6.61. The highest BCUT2D eigenvalue weighted by molar-refractivity contribution is 7.98. The number of carbonyl (C=O) groups is 1. The molecule has 1 fully saturated rings. The van der Waals surface area contributed by atoms with E-state index in [1.54, 1.807) is 25.3 Å². The van der Waals surface area contributed by atoms with Crippen molar-refractivity contribution in [3.63, 3.8) is 0 Å². The third kappa shape index (κ3) is 5.96. The Kier molecular flexibility index (Phi) is 7.69. The van der Waals surface area contributed by atoms with Gasteiger partial charge in [-0.1, -0.05) is 47.6 Å². The molecule has 1 aliphatic rings. The number of nitrogens with zero attached hydrogens (tertiary/aromatic N) is 4. The van der Waals surface area contributed by atoms with E-state index < -0.39 is 5.97 Å². The van der Waals surface area contributed by atoms with Crippen molar-refractivity contribution in [1.29, 1.82) is 0 Å².